The Labute approximate surface area is 176 Å². The van der Waals surface area contributed by atoms with E-state index in [9.17, 15) is 9.59 Å². The standard InChI is InChI=1S/C23H27N3O2S/c1-15(2)17-9-11-18(12-10-17)24-22(28)25-13-14-29-23(25)19-7-5-6-8-20(19)26(16(3)4)21(23)27/h5-12,15-16H,13-14H2,1-4H3,(H,24,28). The molecule has 0 aliphatic carbocycles. The first-order valence-electron chi connectivity index (χ1n) is 10.1. The number of carbonyl (C=O) groups excluding carboxylic acids is 2. The van der Waals surface area contributed by atoms with Gasteiger partial charge in [-0.1, -0.05) is 44.2 Å². The van der Waals surface area contributed by atoms with Crippen LogP contribution in [-0.2, 0) is 9.67 Å². The molecule has 2 aliphatic rings. The number of anilines is 2. The lowest BCUT2D eigenvalue weighted by Gasteiger charge is -2.33. The highest BCUT2D eigenvalue weighted by molar-refractivity contribution is 8.01. The fraction of sp³-hybridized carbons (Fsp3) is 0.391. The summed E-state index contributed by atoms with van der Waals surface area (Å²) in [6.45, 7) is 8.83. The van der Waals surface area contributed by atoms with E-state index >= 15 is 0 Å². The van der Waals surface area contributed by atoms with Gasteiger partial charge in [-0.2, -0.15) is 0 Å². The van der Waals surface area contributed by atoms with Crippen molar-refractivity contribution in [3.05, 3.63) is 59.7 Å². The molecular formula is C23H27N3O2S. The zero-order valence-electron chi connectivity index (χ0n) is 17.3. The van der Waals surface area contributed by atoms with E-state index in [1.807, 2.05) is 67.3 Å². The lowest BCUT2D eigenvalue weighted by atomic mass is 10.0. The van der Waals surface area contributed by atoms with Crippen molar-refractivity contribution in [3.8, 4) is 0 Å². The summed E-state index contributed by atoms with van der Waals surface area (Å²) in [5, 5.41) is 3.00. The van der Waals surface area contributed by atoms with Gasteiger partial charge in [-0.25, -0.2) is 4.79 Å². The molecule has 1 fully saturated rings. The van der Waals surface area contributed by atoms with Gasteiger partial charge >= 0.3 is 6.03 Å². The molecule has 1 spiro atoms. The van der Waals surface area contributed by atoms with Crippen LogP contribution in [0, 0.1) is 0 Å². The molecule has 1 saturated heterocycles. The largest absolute Gasteiger partial charge is 0.323 e. The van der Waals surface area contributed by atoms with E-state index in [4.69, 9.17) is 0 Å². The quantitative estimate of drug-likeness (QED) is 0.776. The molecule has 0 saturated carbocycles. The topological polar surface area (TPSA) is 52.7 Å². The number of benzene rings is 2. The average Bonchev–Trinajstić information content (AvgIpc) is 3.24. The molecule has 0 aromatic heterocycles. The Bertz CT molecular complexity index is 941. The van der Waals surface area contributed by atoms with Gasteiger partial charge in [0.05, 0.1) is 5.69 Å². The molecule has 2 heterocycles. The highest BCUT2D eigenvalue weighted by Gasteiger charge is 2.59. The predicted molar refractivity (Wildman–Crippen MR) is 119 cm³/mol. The summed E-state index contributed by atoms with van der Waals surface area (Å²) >= 11 is 1.55. The number of thioether (sulfide) groups is 1. The highest BCUT2D eigenvalue weighted by Crippen LogP contribution is 2.54. The van der Waals surface area contributed by atoms with Crippen molar-refractivity contribution in [2.45, 2.75) is 44.5 Å². The summed E-state index contributed by atoms with van der Waals surface area (Å²) in [5.74, 6) is 1.14. The van der Waals surface area contributed by atoms with Crippen LogP contribution in [0.25, 0.3) is 0 Å². The number of nitrogens with zero attached hydrogens (tertiary/aromatic N) is 2. The minimum Gasteiger partial charge on any atom is -0.308 e. The molecule has 2 aliphatic heterocycles. The van der Waals surface area contributed by atoms with Gasteiger partial charge in [0.15, 0.2) is 4.87 Å². The Hall–Kier alpha value is -2.47. The van der Waals surface area contributed by atoms with Gasteiger partial charge in [-0.3, -0.25) is 9.69 Å². The van der Waals surface area contributed by atoms with Crippen LogP contribution in [-0.4, -0.2) is 35.2 Å². The maximum atomic E-state index is 13.6. The molecule has 2 aromatic carbocycles. The number of para-hydroxylation sites is 1. The number of urea groups is 1. The van der Waals surface area contributed by atoms with E-state index < -0.39 is 4.87 Å². The van der Waals surface area contributed by atoms with E-state index in [0.717, 1.165) is 22.7 Å². The number of hydrogen-bond donors (Lipinski definition) is 1. The molecule has 4 rings (SSSR count). The van der Waals surface area contributed by atoms with Gasteiger partial charge in [-0.15, -0.1) is 11.8 Å². The van der Waals surface area contributed by atoms with E-state index in [1.54, 1.807) is 16.7 Å². The molecule has 2 aromatic rings. The van der Waals surface area contributed by atoms with Gasteiger partial charge in [0.1, 0.15) is 0 Å². The van der Waals surface area contributed by atoms with Crippen LogP contribution < -0.4 is 10.2 Å². The summed E-state index contributed by atoms with van der Waals surface area (Å²) < 4.78 is 0. The zero-order chi connectivity index (χ0) is 20.8. The third-order valence-electron chi connectivity index (χ3n) is 5.63. The smallest absolute Gasteiger partial charge is 0.308 e. The number of hydrogen-bond acceptors (Lipinski definition) is 3. The number of nitrogens with one attached hydrogen (secondary N) is 1. The predicted octanol–water partition coefficient (Wildman–Crippen LogP) is 5.00. The molecule has 1 unspecified atom stereocenters. The second-order valence-electron chi connectivity index (χ2n) is 8.14. The second kappa shape index (κ2) is 7.41. The molecule has 3 amide bonds. The second-order valence-corrected chi connectivity index (χ2v) is 9.42. The van der Waals surface area contributed by atoms with E-state index in [0.29, 0.717) is 12.5 Å². The maximum Gasteiger partial charge on any atom is 0.323 e. The molecular weight excluding hydrogens is 382 g/mol. The Morgan fingerprint density at radius 3 is 2.41 bits per heavy atom. The maximum absolute atomic E-state index is 13.6. The third-order valence-corrected chi connectivity index (χ3v) is 7.05. The monoisotopic (exact) mass is 409 g/mol. The number of carbonyl (C=O) groups is 2. The zero-order valence-corrected chi connectivity index (χ0v) is 18.1. The minimum atomic E-state index is -0.983. The Morgan fingerprint density at radius 2 is 1.76 bits per heavy atom. The van der Waals surface area contributed by atoms with Crippen molar-refractivity contribution in [1.82, 2.24) is 4.90 Å². The first-order valence-corrected chi connectivity index (χ1v) is 11.1. The first-order chi connectivity index (χ1) is 13.9. The van der Waals surface area contributed by atoms with Crippen molar-refractivity contribution >= 4 is 35.1 Å². The van der Waals surface area contributed by atoms with Crippen molar-refractivity contribution in [2.24, 2.45) is 0 Å². The van der Waals surface area contributed by atoms with Gasteiger partial charge in [0, 0.05) is 29.6 Å². The number of amides is 3. The molecule has 5 nitrogen and oxygen atoms in total. The van der Waals surface area contributed by atoms with Gasteiger partial charge < -0.3 is 10.2 Å². The summed E-state index contributed by atoms with van der Waals surface area (Å²) in [6.07, 6.45) is 0. The normalized spacial score (nSPS) is 20.8. The molecule has 29 heavy (non-hydrogen) atoms. The van der Waals surface area contributed by atoms with Crippen LogP contribution in [0.5, 0.6) is 0 Å². The summed E-state index contributed by atoms with van der Waals surface area (Å²) in [6, 6.07) is 15.5. The van der Waals surface area contributed by atoms with Crippen LogP contribution in [0.3, 0.4) is 0 Å². The molecule has 1 atom stereocenters. The van der Waals surface area contributed by atoms with Crippen LogP contribution in [0.2, 0.25) is 0 Å². The number of rotatable bonds is 3. The Kier molecular flexibility index (Phi) is 5.07. The van der Waals surface area contributed by atoms with E-state index in [2.05, 4.69) is 19.2 Å². The molecule has 152 valence electrons. The van der Waals surface area contributed by atoms with Crippen LogP contribution >= 0.6 is 11.8 Å². The van der Waals surface area contributed by atoms with Crippen LogP contribution in [0.15, 0.2) is 48.5 Å². The van der Waals surface area contributed by atoms with Crippen molar-refractivity contribution in [1.29, 1.82) is 0 Å². The molecule has 0 bridgehead atoms. The Morgan fingerprint density at radius 1 is 1.07 bits per heavy atom. The fourth-order valence-corrected chi connectivity index (χ4v) is 5.63. The first kappa shape index (κ1) is 19.8. The van der Waals surface area contributed by atoms with Crippen LogP contribution in [0.4, 0.5) is 16.2 Å². The highest BCUT2D eigenvalue weighted by atomic mass is 32.2. The van der Waals surface area contributed by atoms with E-state index in [1.165, 1.54) is 5.56 Å². The molecule has 0 radical (unpaired) electrons. The summed E-state index contributed by atoms with van der Waals surface area (Å²) in [4.78, 5) is 29.4. The minimum absolute atomic E-state index is 0.0257. The van der Waals surface area contributed by atoms with Crippen molar-refractivity contribution in [2.75, 3.05) is 22.5 Å². The average molecular weight is 410 g/mol. The Balaban J connectivity index is 1.66. The number of fused-ring (bicyclic) bond motifs is 2. The lowest BCUT2D eigenvalue weighted by Crippen LogP contribution is -2.52. The SMILES string of the molecule is CC(C)c1ccc(NC(=O)N2CCSC23C(=O)N(C(C)C)c2ccccc23)cc1. The van der Waals surface area contributed by atoms with Gasteiger partial charge in [0.2, 0.25) is 0 Å². The van der Waals surface area contributed by atoms with Crippen molar-refractivity contribution < 1.29 is 9.59 Å². The van der Waals surface area contributed by atoms with Gasteiger partial charge in [-0.05, 0) is 43.5 Å². The van der Waals surface area contributed by atoms with Crippen molar-refractivity contribution in [3.63, 3.8) is 0 Å². The van der Waals surface area contributed by atoms with Crippen LogP contribution in [0.1, 0.15) is 44.7 Å². The van der Waals surface area contributed by atoms with Gasteiger partial charge in [0.25, 0.3) is 5.91 Å². The molecule has 6 heteroatoms. The van der Waals surface area contributed by atoms with E-state index in [-0.39, 0.29) is 18.0 Å². The summed E-state index contributed by atoms with van der Waals surface area (Å²) in [7, 11) is 0. The fourth-order valence-electron chi connectivity index (χ4n) is 4.18. The third kappa shape index (κ3) is 3.10. The molecule has 1 N–H and O–H groups in total. The summed E-state index contributed by atoms with van der Waals surface area (Å²) in [5.41, 5.74) is 3.78. The lowest BCUT2D eigenvalue weighted by molar-refractivity contribution is -0.123.